The molecule has 1 heteroatoms. The van der Waals surface area contributed by atoms with Crippen LogP contribution in [0.5, 0.6) is 0 Å². The van der Waals surface area contributed by atoms with Gasteiger partial charge in [-0.3, -0.25) is 0 Å². The lowest BCUT2D eigenvalue weighted by Crippen LogP contribution is -2.20. The lowest BCUT2D eigenvalue weighted by atomic mass is 9.95. The molecule has 1 aliphatic heterocycles. The second kappa shape index (κ2) is 4.50. The quantitative estimate of drug-likeness (QED) is 0.687. The van der Waals surface area contributed by atoms with Gasteiger partial charge < -0.3 is 5.32 Å². The molecule has 1 N–H and O–H groups in total. The van der Waals surface area contributed by atoms with Gasteiger partial charge in [-0.05, 0) is 23.8 Å². The van der Waals surface area contributed by atoms with Gasteiger partial charge in [-0.25, -0.2) is 0 Å². The number of nitrogens with one attached hydrogen (secondary N) is 1. The summed E-state index contributed by atoms with van der Waals surface area (Å²) < 4.78 is 0. The lowest BCUT2D eigenvalue weighted by molar-refractivity contribution is 0.628. The standard InChI is InChI=1S/C12H21N/c1-9(2)11-7-5-6-8-13-12(11)10(3)4/h5,7,9-10,13H,6,8H2,1-4H3. The van der Waals surface area contributed by atoms with Crippen LogP contribution in [0.15, 0.2) is 23.4 Å². The molecular formula is C12H21N. The monoisotopic (exact) mass is 179 g/mol. The molecule has 0 aliphatic carbocycles. The van der Waals surface area contributed by atoms with Gasteiger partial charge in [0.25, 0.3) is 0 Å². The summed E-state index contributed by atoms with van der Waals surface area (Å²) in [5.41, 5.74) is 2.91. The highest BCUT2D eigenvalue weighted by molar-refractivity contribution is 5.29. The first kappa shape index (κ1) is 10.4. The number of hydrogen-bond acceptors (Lipinski definition) is 1. The van der Waals surface area contributed by atoms with Crippen molar-refractivity contribution in [3.63, 3.8) is 0 Å². The maximum Gasteiger partial charge on any atom is 0.0178 e. The number of rotatable bonds is 2. The fourth-order valence-electron chi connectivity index (χ4n) is 1.73. The van der Waals surface area contributed by atoms with Crippen LogP contribution in [-0.2, 0) is 0 Å². The van der Waals surface area contributed by atoms with Crippen LogP contribution < -0.4 is 5.32 Å². The summed E-state index contributed by atoms with van der Waals surface area (Å²) in [6.45, 7) is 10.1. The van der Waals surface area contributed by atoms with Gasteiger partial charge >= 0.3 is 0 Å². The zero-order chi connectivity index (χ0) is 9.84. The van der Waals surface area contributed by atoms with E-state index in [2.05, 4.69) is 45.2 Å². The molecule has 1 rings (SSSR count). The van der Waals surface area contributed by atoms with Crippen molar-refractivity contribution in [3.05, 3.63) is 23.4 Å². The van der Waals surface area contributed by atoms with E-state index < -0.39 is 0 Å². The molecular weight excluding hydrogens is 158 g/mol. The fraction of sp³-hybridized carbons (Fsp3) is 0.667. The SMILES string of the molecule is CC(C)C1=C(C(C)C)NCCC=C1. The minimum absolute atomic E-state index is 0.611. The Balaban J connectivity index is 2.96. The average molecular weight is 179 g/mol. The highest BCUT2D eigenvalue weighted by Gasteiger charge is 2.12. The highest BCUT2D eigenvalue weighted by Crippen LogP contribution is 2.22. The molecule has 0 aromatic carbocycles. The van der Waals surface area contributed by atoms with Crippen LogP contribution >= 0.6 is 0 Å². The Kier molecular flexibility index (Phi) is 3.58. The van der Waals surface area contributed by atoms with Crippen molar-refractivity contribution < 1.29 is 0 Å². The normalized spacial score (nSPS) is 18.0. The maximum absolute atomic E-state index is 3.53. The maximum atomic E-state index is 3.53. The van der Waals surface area contributed by atoms with Gasteiger partial charge in [0, 0.05) is 12.2 Å². The molecule has 0 aromatic heterocycles. The van der Waals surface area contributed by atoms with E-state index in [1.807, 2.05) is 0 Å². The smallest absolute Gasteiger partial charge is 0.0178 e. The first-order valence-electron chi connectivity index (χ1n) is 5.27. The van der Waals surface area contributed by atoms with Crippen molar-refractivity contribution in [2.45, 2.75) is 34.1 Å². The summed E-state index contributed by atoms with van der Waals surface area (Å²) in [5, 5.41) is 3.53. The first-order valence-corrected chi connectivity index (χ1v) is 5.27. The average Bonchev–Trinajstić information content (AvgIpc) is 2.27. The lowest BCUT2D eigenvalue weighted by Gasteiger charge is -2.18. The zero-order valence-electron chi connectivity index (χ0n) is 9.22. The molecule has 0 saturated heterocycles. The zero-order valence-corrected chi connectivity index (χ0v) is 9.22. The number of hydrogen-bond donors (Lipinski definition) is 1. The molecule has 0 atom stereocenters. The van der Waals surface area contributed by atoms with Crippen molar-refractivity contribution in [3.8, 4) is 0 Å². The summed E-state index contributed by atoms with van der Waals surface area (Å²) in [4.78, 5) is 0. The summed E-state index contributed by atoms with van der Waals surface area (Å²) >= 11 is 0. The third-order valence-electron chi connectivity index (χ3n) is 2.43. The molecule has 13 heavy (non-hydrogen) atoms. The molecule has 0 fully saturated rings. The molecule has 0 amide bonds. The topological polar surface area (TPSA) is 12.0 Å². The van der Waals surface area contributed by atoms with E-state index in [9.17, 15) is 0 Å². The third-order valence-corrected chi connectivity index (χ3v) is 2.43. The summed E-state index contributed by atoms with van der Waals surface area (Å²) in [6.07, 6.45) is 5.71. The Morgan fingerprint density at radius 1 is 1.15 bits per heavy atom. The van der Waals surface area contributed by atoms with Gasteiger partial charge in [-0.1, -0.05) is 39.8 Å². The van der Waals surface area contributed by atoms with Crippen LogP contribution in [0.25, 0.3) is 0 Å². The van der Waals surface area contributed by atoms with Crippen molar-refractivity contribution in [2.24, 2.45) is 11.8 Å². The molecule has 74 valence electrons. The molecule has 0 saturated carbocycles. The molecule has 0 radical (unpaired) electrons. The van der Waals surface area contributed by atoms with Gasteiger partial charge in [0.15, 0.2) is 0 Å². The van der Waals surface area contributed by atoms with Crippen LogP contribution in [0.3, 0.4) is 0 Å². The molecule has 0 unspecified atom stereocenters. The fourth-order valence-corrected chi connectivity index (χ4v) is 1.73. The van der Waals surface area contributed by atoms with E-state index in [0.717, 1.165) is 13.0 Å². The van der Waals surface area contributed by atoms with Gasteiger partial charge in [-0.2, -0.15) is 0 Å². The van der Waals surface area contributed by atoms with E-state index in [0.29, 0.717) is 11.8 Å². The van der Waals surface area contributed by atoms with E-state index in [4.69, 9.17) is 0 Å². The molecule has 1 aliphatic rings. The van der Waals surface area contributed by atoms with E-state index in [1.165, 1.54) is 11.3 Å². The Bertz CT molecular complexity index is 221. The van der Waals surface area contributed by atoms with Gasteiger partial charge in [-0.15, -0.1) is 0 Å². The predicted octanol–water partition coefficient (Wildman–Crippen LogP) is 3.10. The minimum atomic E-state index is 0.611. The Hall–Kier alpha value is -0.720. The van der Waals surface area contributed by atoms with Crippen molar-refractivity contribution in [2.75, 3.05) is 6.54 Å². The van der Waals surface area contributed by atoms with Crippen LogP contribution in [0.2, 0.25) is 0 Å². The molecule has 0 bridgehead atoms. The van der Waals surface area contributed by atoms with Crippen molar-refractivity contribution in [1.29, 1.82) is 0 Å². The third kappa shape index (κ3) is 2.61. The summed E-state index contributed by atoms with van der Waals surface area (Å²) in [5.74, 6) is 1.24. The Labute approximate surface area is 81.9 Å². The van der Waals surface area contributed by atoms with E-state index in [1.54, 1.807) is 0 Å². The number of allylic oxidation sites excluding steroid dienone is 3. The van der Waals surface area contributed by atoms with Crippen molar-refractivity contribution in [1.82, 2.24) is 5.32 Å². The van der Waals surface area contributed by atoms with Crippen LogP contribution in [-0.4, -0.2) is 6.54 Å². The van der Waals surface area contributed by atoms with Crippen molar-refractivity contribution >= 4 is 0 Å². The van der Waals surface area contributed by atoms with Gasteiger partial charge in [0.2, 0.25) is 0 Å². The van der Waals surface area contributed by atoms with Gasteiger partial charge in [0.1, 0.15) is 0 Å². The second-order valence-electron chi connectivity index (χ2n) is 4.30. The van der Waals surface area contributed by atoms with Crippen LogP contribution in [0, 0.1) is 11.8 Å². The molecule has 1 nitrogen and oxygen atoms in total. The van der Waals surface area contributed by atoms with E-state index >= 15 is 0 Å². The summed E-state index contributed by atoms with van der Waals surface area (Å²) in [6, 6.07) is 0. The molecule has 0 aromatic rings. The highest BCUT2D eigenvalue weighted by atomic mass is 14.9. The minimum Gasteiger partial charge on any atom is -0.388 e. The first-order chi connectivity index (χ1) is 6.13. The second-order valence-corrected chi connectivity index (χ2v) is 4.30. The van der Waals surface area contributed by atoms with E-state index in [-0.39, 0.29) is 0 Å². The largest absolute Gasteiger partial charge is 0.388 e. The predicted molar refractivity (Wildman–Crippen MR) is 58.5 cm³/mol. The summed E-state index contributed by atoms with van der Waals surface area (Å²) in [7, 11) is 0. The van der Waals surface area contributed by atoms with Crippen LogP contribution in [0.4, 0.5) is 0 Å². The molecule has 0 spiro atoms. The Morgan fingerprint density at radius 2 is 1.85 bits per heavy atom. The van der Waals surface area contributed by atoms with Gasteiger partial charge in [0.05, 0.1) is 0 Å². The Morgan fingerprint density at radius 3 is 2.38 bits per heavy atom. The van der Waals surface area contributed by atoms with Crippen LogP contribution in [0.1, 0.15) is 34.1 Å². The molecule has 1 heterocycles.